The van der Waals surface area contributed by atoms with Crippen molar-refractivity contribution in [1.82, 2.24) is 9.66 Å². The van der Waals surface area contributed by atoms with Crippen LogP contribution in [-0.2, 0) is 0 Å². The second kappa shape index (κ2) is 7.70. The molecule has 0 N–H and O–H groups in total. The molecule has 0 unspecified atom stereocenters. The monoisotopic (exact) mass is 379 g/mol. The molecule has 0 saturated carbocycles. The van der Waals surface area contributed by atoms with E-state index in [1.54, 1.807) is 6.92 Å². The largest absolute Gasteiger partial charge is 0.372 e. The molecule has 0 bridgehead atoms. The summed E-state index contributed by atoms with van der Waals surface area (Å²) >= 11 is 0. The third-order valence-corrected chi connectivity index (χ3v) is 5.28. The molecule has 148 valence electrons. The average molecular weight is 380 g/mol. The van der Waals surface area contributed by atoms with Crippen molar-refractivity contribution in [2.24, 2.45) is 16.0 Å². The van der Waals surface area contributed by atoms with E-state index >= 15 is 0 Å². The van der Waals surface area contributed by atoms with Gasteiger partial charge in [-0.1, -0.05) is 13.8 Å². The zero-order chi connectivity index (χ0) is 20.6. The summed E-state index contributed by atoms with van der Waals surface area (Å²) < 4.78 is 1.40. The molecule has 0 fully saturated rings. The van der Waals surface area contributed by atoms with E-state index in [-0.39, 0.29) is 11.5 Å². The van der Waals surface area contributed by atoms with Gasteiger partial charge in [-0.3, -0.25) is 4.79 Å². The third kappa shape index (κ3) is 3.39. The highest BCUT2D eigenvalue weighted by Gasteiger charge is 2.29. The number of aliphatic imine (C=N–C) groups is 1. The SMILES string of the molecule is CCN(CC)c1ccc(N=C2C(C(C)C)=Nn3c2nc(C)c(C)c3=O)c(C)c1. The Labute approximate surface area is 166 Å². The van der Waals surface area contributed by atoms with Gasteiger partial charge in [-0.25, -0.2) is 9.98 Å². The molecule has 0 amide bonds. The van der Waals surface area contributed by atoms with Gasteiger partial charge in [0.15, 0.2) is 5.82 Å². The highest BCUT2D eigenvalue weighted by molar-refractivity contribution is 6.49. The van der Waals surface area contributed by atoms with Crippen molar-refractivity contribution in [3.8, 4) is 0 Å². The predicted molar refractivity (Wildman–Crippen MR) is 117 cm³/mol. The molecule has 1 aromatic carbocycles. The lowest BCUT2D eigenvalue weighted by Gasteiger charge is -2.21. The van der Waals surface area contributed by atoms with Crippen LogP contribution in [0.2, 0.25) is 0 Å². The molecule has 0 atom stereocenters. The van der Waals surface area contributed by atoms with Crippen molar-refractivity contribution in [3.63, 3.8) is 0 Å². The standard InChI is InChI=1S/C22H29N5O/c1-8-26(9-2)17-10-11-18(14(5)12-17)24-20-19(13(3)4)25-27-21(20)23-16(7)15(6)22(27)28/h10-13H,8-9H2,1-7H3. The minimum absolute atomic E-state index is 0.126. The predicted octanol–water partition coefficient (Wildman–Crippen LogP) is 4.01. The number of aromatic nitrogens is 2. The van der Waals surface area contributed by atoms with Gasteiger partial charge in [0.25, 0.3) is 5.56 Å². The summed E-state index contributed by atoms with van der Waals surface area (Å²) in [5.74, 6) is 0.666. The van der Waals surface area contributed by atoms with Gasteiger partial charge in [-0.05, 0) is 64.3 Å². The van der Waals surface area contributed by atoms with E-state index in [9.17, 15) is 4.79 Å². The topological polar surface area (TPSA) is 62.9 Å². The molecular weight excluding hydrogens is 350 g/mol. The highest BCUT2D eigenvalue weighted by Crippen LogP contribution is 2.27. The summed E-state index contributed by atoms with van der Waals surface area (Å²) in [4.78, 5) is 24.5. The van der Waals surface area contributed by atoms with Gasteiger partial charge in [-0.15, -0.1) is 0 Å². The Hall–Kier alpha value is -2.76. The van der Waals surface area contributed by atoms with E-state index in [1.807, 2.05) is 13.0 Å². The molecule has 0 radical (unpaired) electrons. The molecular formula is C22H29N5O. The molecule has 0 aliphatic carbocycles. The lowest BCUT2D eigenvalue weighted by molar-refractivity contribution is 0.768. The van der Waals surface area contributed by atoms with E-state index in [4.69, 9.17) is 4.99 Å². The Balaban J connectivity index is 2.14. The van der Waals surface area contributed by atoms with E-state index in [0.717, 1.165) is 35.7 Å². The Bertz CT molecular complexity index is 1030. The van der Waals surface area contributed by atoms with E-state index in [0.29, 0.717) is 17.1 Å². The van der Waals surface area contributed by atoms with Crippen molar-refractivity contribution >= 4 is 22.8 Å². The van der Waals surface area contributed by atoms with Gasteiger partial charge in [0.2, 0.25) is 0 Å². The summed E-state index contributed by atoms with van der Waals surface area (Å²) in [5, 5.41) is 4.55. The van der Waals surface area contributed by atoms with Crippen LogP contribution in [-0.4, -0.2) is 34.2 Å². The van der Waals surface area contributed by atoms with Crippen LogP contribution in [0.15, 0.2) is 33.1 Å². The molecule has 6 nitrogen and oxygen atoms in total. The Morgan fingerprint density at radius 2 is 1.82 bits per heavy atom. The van der Waals surface area contributed by atoms with Crippen molar-refractivity contribution in [2.75, 3.05) is 18.0 Å². The van der Waals surface area contributed by atoms with E-state index < -0.39 is 0 Å². The van der Waals surface area contributed by atoms with Gasteiger partial charge in [0.1, 0.15) is 5.71 Å². The fourth-order valence-electron chi connectivity index (χ4n) is 3.38. The van der Waals surface area contributed by atoms with Gasteiger partial charge in [-0.2, -0.15) is 9.78 Å². The minimum atomic E-state index is -0.126. The number of hydrogen-bond acceptors (Lipinski definition) is 5. The number of rotatable bonds is 5. The normalized spacial score (nSPS) is 14.6. The zero-order valence-electron chi connectivity index (χ0n) is 17.9. The molecule has 2 heterocycles. The van der Waals surface area contributed by atoms with Gasteiger partial charge < -0.3 is 4.90 Å². The maximum Gasteiger partial charge on any atom is 0.277 e. The van der Waals surface area contributed by atoms with Crippen molar-refractivity contribution in [2.45, 2.75) is 48.5 Å². The van der Waals surface area contributed by atoms with Crippen LogP contribution in [0.4, 0.5) is 11.4 Å². The van der Waals surface area contributed by atoms with Crippen molar-refractivity contribution < 1.29 is 0 Å². The third-order valence-electron chi connectivity index (χ3n) is 5.28. The molecule has 6 heteroatoms. The second-order valence-corrected chi connectivity index (χ2v) is 7.51. The van der Waals surface area contributed by atoms with E-state index in [1.165, 1.54) is 10.4 Å². The molecule has 28 heavy (non-hydrogen) atoms. The van der Waals surface area contributed by atoms with Crippen LogP contribution in [0, 0.1) is 26.7 Å². The lowest BCUT2D eigenvalue weighted by Crippen LogP contribution is -2.25. The van der Waals surface area contributed by atoms with Crippen LogP contribution in [0.1, 0.15) is 50.3 Å². The second-order valence-electron chi connectivity index (χ2n) is 7.51. The van der Waals surface area contributed by atoms with Crippen LogP contribution < -0.4 is 10.5 Å². The van der Waals surface area contributed by atoms with Gasteiger partial charge in [0, 0.05) is 30.0 Å². The van der Waals surface area contributed by atoms with Crippen LogP contribution in [0.25, 0.3) is 0 Å². The smallest absolute Gasteiger partial charge is 0.277 e. The summed E-state index contributed by atoms with van der Waals surface area (Å²) in [6, 6.07) is 6.30. The minimum Gasteiger partial charge on any atom is -0.372 e. The Morgan fingerprint density at radius 3 is 2.39 bits per heavy atom. The summed E-state index contributed by atoms with van der Waals surface area (Å²) in [7, 11) is 0. The quantitative estimate of drug-likeness (QED) is 0.788. The van der Waals surface area contributed by atoms with Crippen LogP contribution in [0.3, 0.4) is 0 Å². The number of fused-ring (bicyclic) bond motifs is 1. The average Bonchev–Trinajstić information content (AvgIpc) is 3.01. The number of anilines is 1. The van der Waals surface area contributed by atoms with Crippen molar-refractivity contribution in [3.05, 3.63) is 51.2 Å². The molecule has 3 rings (SSSR count). The Kier molecular flexibility index (Phi) is 5.49. The molecule has 0 spiro atoms. The summed E-state index contributed by atoms with van der Waals surface area (Å²) in [6.45, 7) is 16.1. The van der Waals surface area contributed by atoms with Crippen molar-refractivity contribution in [1.29, 1.82) is 0 Å². The molecule has 2 aromatic rings. The number of hydrogen-bond donors (Lipinski definition) is 0. The fraction of sp³-hybridized carbons (Fsp3) is 0.455. The molecule has 1 aromatic heterocycles. The van der Waals surface area contributed by atoms with Crippen LogP contribution in [0.5, 0.6) is 0 Å². The first-order valence-corrected chi connectivity index (χ1v) is 9.92. The first-order valence-electron chi connectivity index (χ1n) is 9.92. The van der Waals surface area contributed by atoms with Gasteiger partial charge >= 0.3 is 0 Å². The lowest BCUT2D eigenvalue weighted by atomic mass is 10.0. The van der Waals surface area contributed by atoms with E-state index in [2.05, 4.69) is 61.7 Å². The van der Waals surface area contributed by atoms with Gasteiger partial charge in [0.05, 0.1) is 11.4 Å². The maximum absolute atomic E-state index is 12.7. The first-order chi connectivity index (χ1) is 13.3. The Morgan fingerprint density at radius 1 is 1.14 bits per heavy atom. The summed E-state index contributed by atoms with van der Waals surface area (Å²) in [5.41, 5.74) is 5.85. The zero-order valence-corrected chi connectivity index (χ0v) is 17.9. The molecule has 0 saturated heterocycles. The first kappa shape index (κ1) is 20.0. The number of nitrogens with zero attached hydrogens (tertiary/aromatic N) is 5. The number of benzene rings is 1. The number of aryl methyl sites for hydroxylation is 2. The molecule has 1 aliphatic rings. The molecule has 1 aliphatic heterocycles. The summed E-state index contributed by atoms with van der Waals surface area (Å²) in [6.07, 6.45) is 0. The van der Waals surface area contributed by atoms with Crippen LogP contribution >= 0.6 is 0 Å². The highest BCUT2D eigenvalue weighted by atomic mass is 16.1. The maximum atomic E-state index is 12.7. The fourth-order valence-corrected chi connectivity index (χ4v) is 3.38.